The highest BCUT2D eigenvalue weighted by Gasteiger charge is 2.21. The van der Waals surface area contributed by atoms with Crippen molar-refractivity contribution in [1.82, 2.24) is 0 Å². The first-order valence-electron chi connectivity index (χ1n) is 7.73. The monoisotopic (exact) mass is 326 g/mol. The molecule has 2 aromatic rings. The standard InChI is InChI=1S/C21H14N2O2/c22-11-17-5-1-15(2-6-17)9-19-13-25-14-20(21(19)24)10-16-3-7-18(12-23)8-4-16/h1-10H,13-14H2. The third kappa shape index (κ3) is 3.90. The molecule has 0 aliphatic carbocycles. The molecule has 0 aromatic heterocycles. The van der Waals surface area contributed by atoms with Gasteiger partial charge in [0.25, 0.3) is 0 Å². The van der Waals surface area contributed by atoms with E-state index in [-0.39, 0.29) is 19.0 Å². The Hall–Kier alpha value is -3.47. The van der Waals surface area contributed by atoms with Gasteiger partial charge in [-0.05, 0) is 47.5 Å². The van der Waals surface area contributed by atoms with Gasteiger partial charge in [0.15, 0.2) is 5.78 Å². The van der Waals surface area contributed by atoms with Crippen molar-refractivity contribution in [2.24, 2.45) is 0 Å². The molecule has 0 unspecified atom stereocenters. The summed E-state index contributed by atoms with van der Waals surface area (Å²) in [5.74, 6) is -0.0417. The van der Waals surface area contributed by atoms with Gasteiger partial charge in [-0.1, -0.05) is 24.3 Å². The van der Waals surface area contributed by atoms with E-state index in [0.29, 0.717) is 22.3 Å². The first kappa shape index (κ1) is 16.4. The molecule has 1 aliphatic heterocycles. The van der Waals surface area contributed by atoms with Crippen molar-refractivity contribution < 1.29 is 9.53 Å². The van der Waals surface area contributed by atoms with Crippen molar-refractivity contribution in [2.75, 3.05) is 13.2 Å². The average Bonchev–Trinajstić information content (AvgIpc) is 2.66. The van der Waals surface area contributed by atoms with Crippen molar-refractivity contribution in [1.29, 1.82) is 10.5 Å². The number of hydrogen-bond acceptors (Lipinski definition) is 4. The first-order valence-corrected chi connectivity index (χ1v) is 7.73. The molecule has 0 bridgehead atoms. The molecular weight excluding hydrogens is 312 g/mol. The average molecular weight is 326 g/mol. The number of benzene rings is 2. The van der Waals surface area contributed by atoms with E-state index in [1.54, 1.807) is 60.7 Å². The van der Waals surface area contributed by atoms with Crippen LogP contribution in [0, 0.1) is 22.7 Å². The van der Waals surface area contributed by atoms with Crippen LogP contribution >= 0.6 is 0 Å². The molecule has 3 rings (SSSR count). The lowest BCUT2D eigenvalue weighted by Crippen LogP contribution is -2.21. The molecule has 0 atom stereocenters. The number of carbonyl (C=O) groups is 1. The molecule has 0 radical (unpaired) electrons. The van der Waals surface area contributed by atoms with E-state index in [4.69, 9.17) is 15.3 Å². The van der Waals surface area contributed by atoms with Gasteiger partial charge in [0.2, 0.25) is 0 Å². The Morgan fingerprint density at radius 1 is 0.760 bits per heavy atom. The molecule has 0 amide bonds. The minimum Gasteiger partial charge on any atom is -0.372 e. The van der Waals surface area contributed by atoms with Crippen LogP contribution in [0.2, 0.25) is 0 Å². The first-order chi connectivity index (χ1) is 12.2. The lowest BCUT2D eigenvalue weighted by atomic mass is 9.97. The van der Waals surface area contributed by atoms with Gasteiger partial charge in [0.05, 0.1) is 36.5 Å². The van der Waals surface area contributed by atoms with Crippen LogP contribution in [0.15, 0.2) is 59.7 Å². The number of ketones is 1. The molecule has 1 heterocycles. The summed E-state index contributed by atoms with van der Waals surface area (Å²) in [5.41, 5.74) is 4.02. The fraction of sp³-hybridized carbons (Fsp3) is 0.0952. The minimum absolute atomic E-state index is 0.0417. The minimum atomic E-state index is -0.0417. The lowest BCUT2D eigenvalue weighted by molar-refractivity contribution is -0.114. The van der Waals surface area contributed by atoms with Crippen LogP contribution in [0.1, 0.15) is 22.3 Å². The second-order valence-electron chi connectivity index (χ2n) is 5.63. The van der Waals surface area contributed by atoms with Crippen LogP contribution in [0.25, 0.3) is 12.2 Å². The molecule has 25 heavy (non-hydrogen) atoms. The predicted octanol–water partition coefficient (Wildman–Crippen LogP) is 3.50. The van der Waals surface area contributed by atoms with E-state index >= 15 is 0 Å². The second kappa shape index (κ2) is 7.40. The van der Waals surface area contributed by atoms with Gasteiger partial charge in [-0.25, -0.2) is 0 Å². The molecule has 1 saturated heterocycles. The largest absolute Gasteiger partial charge is 0.372 e. The highest BCUT2D eigenvalue weighted by atomic mass is 16.5. The van der Waals surface area contributed by atoms with Gasteiger partial charge in [0, 0.05) is 11.1 Å². The number of rotatable bonds is 2. The summed E-state index contributed by atoms with van der Waals surface area (Å²) in [6.45, 7) is 0.535. The summed E-state index contributed by atoms with van der Waals surface area (Å²) < 4.78 is 5.54. The lowest BCUT2D eigenvalue weighted by Gasteiger charge is -2.17. The van der Waals surface area contributed by atoms with Gasteiger partial charge in [-0.3, -0.25) is 4.79 Å². The van der Waals surface area contributed by atoms with E-state index in [1.807, 2.05) is 0 Å². The van der Waals surface area contributed by atoms with Crippen molar-refractivity contribution >= 4 is 17.9 Å². The molecule has 0 N–H and O–H groups in total. The Morgan fingerprint density at radius 3 is 1.52 bits per heavy atom. The van der Waals surface area contributed by atoms with Crippen molar-refractivity contribution in [3.63, 3.8) is 0 Å². The Bertz CT molecular complexity index is 860. The summed E-state index contributed by atoms with van der Waals surface area (Å²) in [4.78, 5) is 12.7. The molecule has 120 valence electrons. The molecule has 4 nitrogen and oxygen atoms in total. The van der Waals surface area contributed by atoms with Crippen molar-refractivity contribution in [2.45, 2.75) is 0 Å². The number of carbonyl (C=O) groups excluding carboxylic acids is 1. The zero-order valence-corrected chi connectivity index (χ0v) is 13.4. The van der Waals surface area contributed by atoms with Crippen molar-refractivity contribution in [3.05, 3.63) is 81.9 Å². The Kier molecular flexibility index (Phi) is 4.85. The molecular formula is C21H14N2O2. The third-order valence-corrected chi connectivity index (χ3v) is 3.86. The third-order valence-electron chi connectivity index (χ3n) is 3.86. The fourth-order valence-corrected chi connectivity index (χ4v) is 2.53. The number of nitriles is 2. The van der Waals surface area contributed by atoms with Gasteiger partial charge >= 0.3 is 0 Å². The van der Waals surface area contributed by atoms with E-state index in [0.717, 1.165) is 11.1 Å². The van der Waals surface area contributed by atoms with Gasteiger partial charge in [0.1, 0.15) is 0 Å². The maximum absolute atomic E-state index is 12.7. The molecule has 4 heteroatoms. The van der Waals surface area contributed by atoms with Crippen molar-refractivity contribution in [3.8, 4) is 12.1 Å². The number of ether oxygens (including phenoxy) is 1. The Morgan fingerprint density at radius 2 is 1.16 bits per heavy atom. The summed E-state index contributed by atoms with van der Waals surface area (Å²) in [6, 6.07) is 18.2. The van der Waals surface area contributed by atoms with Gasteiger partial charge in [-0.2, -0.15) is 10.5 Å². The normalized spacial score (nSPS) is 17.3. The topological polar surface area (TPSA) is 73.9 Å². The summed E-state index contributed by atoms with van der Waals surface area (Å²) >= 11 is 0. The van der Waals surface area contributed by atoms with Crippen LogP contribution < -0.4 is 0 Å². The van der Waals surface area contributed by atoms with E-state index in [9.17, 15) is 4.79 Å². The number of Topliss-reactive ketones (excluding diaryl/α,β-unsaturated/α-hetero) is 1. The molecule has 1 aliphatic rings. The highest BCUT2D eigenvalue weighted by Crippen LogP contribution is 2.20. The zero-order chi connectivity index (χ0) is 17.6. The summed E-state index contributed by atoms with van der Waals surface area (Å²) in [7, 11) is 0. The summed E-state index contributed by atoms with van der Waals surface area (Å²) in [6.07, 6.45) is 3.57. The van der Waals surface area contributed by atoms with Gasteiger partial charge < -0.3 is 4.74 Å². The van der Waals surface area contributed by atoms with Crippen LogP contribution in [-0.2, 0) is 9.53 Å². The quantitative estimate of drug-likeness (QED) is 0.792. The highest BCUT2D eigenvalue weighted by molar-refractivity contribution is 6.14. The SMILES string of the molecule is N#Cc1ccc(C=C2COCC(=Cc3ccc(C#N)cc3)C2=O)cc1. The number of nitrogens with zero attached hydrogens (tertiary/aromatic N) is 2. The van der Waals surface area contributed by atoms with E-state index < -0.39 is 0 Å². The Labute approximate surface area is 145 Å². The van der Waals surface area contributed by atoms with E-state index in [2.05, 4.69) is 12.1 Å². The predicted molar refractivity (Wildman–Crippen MR) is 94.1 cm³/mol. The van der Waals surface area contributed by atoms with Crippen LogP contribution in [0.3, 0.4) is 0 Å². The zero-order valence-electron chi connectivity index (χ0n) is 13.4. The second-order valence-corrected chi connectivity index (χ2v) is 5.63. The number of hydrogen-bond donors (Lipinski definition) is 0. The molecule has 2 aromatic carbocycles. The maximum atomic E-state index is 12.7. The maximum Gasteiger partial charge on any atom is 0.189 e. The molecule has 0 spiro atoms. The smallest absolute Gasteiger partial charge is 0.189 e. The summed E-state index contributed by atoms with van der Waals surface area (Å²) in [5, 5.41) is 17.7. The fourth-order valence-electron chi connectivity index (χ4n) is 2.53. The van der Waals surface area contributed by atoms with Crippen LogP contribution in [-0.4, -0.2) is 19.0 Å². The van der Waals surface area contributed by atoms with E-state index in [1.165, 1.54) is 0 Å². The van der Waals surface area contributed by atoms with Gasteiger partial charge in [-0.15, -0.1) is 0 Å². The Balaban J connectivity index is 1.84. The van der Waals surface area contributed by atoms with Crippen LogP contribution in [0.5, 0.6) is 0 Å². The molecule has 0 saturated carbocycles. The van der Waals surface area contributed by atoms with Crippen LogP contribution in [0.4, 0.5) is 0 Å². The molecule has 1 fully saturated rings.